The third kappa shape index (κ3) is 3.55. The molecular formula is C16H17F2NO2. The Labute approximate surface area is 122 Å². The van der Waals surface area contributed by atoms with E-state index in [-0.39, 0.29) is 11.1 Å². The SMILES string of the molecule is CCCOc1cncc(C(O)c2cc(C)c(F)cc2F)c1. The molecular weight excluding hydrogens is 276 g/mol. The minimum atomic E-state index is -1.22. The molecule has 112 valence electrons. The third-order valence-corrected chi connectivity index (χ3v) is 3.10. The maximum Gasteiger partial charge on any atom is 0.137 e. The van der Waals surface area contributed by atoms with Crippen molar-refractivity contribution in [2.75, 3.05) is 6.61 Å². The van der Waals surface area contributed by atoms with E-state index in [0.717, 1.165) is 12.5 Å². The standard InChI is InChI=1S/C16H17F2NO2/c1-3-4-21-12-6-11(8-19-9-12)16(20)13-5-10(2)14(17)7-15(13)18/h5-9,16,20H,3-4H2,1-2H3. The number of halogens is 2. The van der Waals surface area contributed by atoms with E-state index in [2.05, 4.69) is 4.98 Å². The van der Waals surface area contributed by atoms with Gasteiger partial charge in [0, 0.05) is 23.4 Å². The molecule has 0 fully saturated rings. The van der Waals surface area contributed by atoms with Crippen LogP contribution >= 0.6 is 0 Å². The van der Waals surface area contributed by atoms with Crippen LogP contribution in [-0.2, 0) is 0 Å². The topological polar surface area (TPSA) is 42.4 Å². The first-order valence-corrected chi connectivity index (χ1v) is 6.74. The molecule has 0 bridgehead atoms. The Kier molecular flexibility index (Phi) is 4.85. The van der Waals surface area contributed by atoms with Crippen molar-refractivity contribution in [3.05, 3.63) is 58.9 Å². The summed E-state index contributed by atoms with van der Waals surface area (Å²) in [4.78, 5) is 3.97. The lowest BCUT2D eigenvalue weighted by Gasteiger charge is -2.14. The molecule has 1 heterocycles. The van der Waals surface area contributed by atoms with Crippen molar-refractivity contribution in [2.45, 2.75) is 26.4 Å². The molecule has 0 aliphatic rings. The normalized spacial score (nSPS) is 12.2. The maximum atomic E-state index is 13.8. The average molecular weight is 293 g/mol. The number of ether oxygens (including phenoxy) is 1. The molecule has 0 saturated carbocycles. The van der Waals surface area contributed by atoms with E-state index in [1.807, 2.05) is 6.92 Å². The highest BCUT2D eigenvalue weighted by atomic mass is 19.1. The van der Waals surface area contributed by atoms with Gasteiger partial charge in [0.1, 0.15) is 23.5 Å². The lowest BCUT2D eigenvalue weighted by atomic mass is 10.0. The minimum absolute atomic E-state index is 0.0170. The van der Waals surface area contributed by atoms with Gasteiger partial charge in [-0.25, -0.2) is 8.78 Å². The van der Waals surface area contributed by atoms with E-state index in [4.69, 9.17) is 4.74 Å². The van der Waals surface area contributed by atoms with Gasteiger partial charge in [-0.2, -0.15) is 0 Å². The summed E-state index contributed by atoms with van der Waals surface area (Å²) in [5.74, 6) is -0.917. The Morgan fingerprint density at radius 3 is 2.67 bits per heavy atom. The summed E-state index contributed by atoms with van der Waals surface area (Å²) < 4.78 is 32.5. The van der Waals surface area contributed by atoms with Crippen molar-refractivity contribution in [1.29, 1.82) is 0 Å². The van der Waals surface area contributed by atoms with Crippen LogP contribution in [0.2, 0.25) is 0 Å². The zero-order valence-electron chi connectivity index (χ0n) is 11.9. The Morgan fingerprint density at radius 1 is 1.19 bits per heavy atom. The van der Waals surface area contributed by atoms with Crippen LogP contribution in [0.15, 0.2) is 30.6 Å². The van der Waals surface area contributed by atoms with Gasteiger partial charge in [0.15, 0.2) is 0 Å². The van der Waals surface area contributed by atoms with Crippen molar-refractivity contribution in [2.24, 2.45) is 0 Å². The smallest absolute Gasteiger partial charge is 0.137 e. The van der Waals surface area contributed by atoms with Crippen LogP contribution in [0.5, 0.6) is 5.75 Å². The molecule has 1 aromatic carbocycles. The predicted molar refractivity (Wildman–Crippen MR) is 75.2 cm³/mol. The largest absolute Gasteiger partial charge is 0.492 e. The van der Waals surface area contributed by atoms with Crippen LogP contribution < -0.4 is 4.74 Å². The molecule has 0 aliphatic heterocycles. The number of aromatic nitrogens is 1. The number of aliphatic hydroxyl groups excluding tert-OH is 1. The second-order valence-corrected chi connectivity index (χ2v) is 4.83. The number of pyridine rings is 1. The molecule has 5 heteroatoms. The number of aliphatic hydroxyl groups is 1. The van der Waals surface area contributed by atoms with E-state index in [9.17, 15) is 13.9 Å². The zero-order chi connectivity index (χ0) is 15.4. The number of rotatable bonds is 5. The fourth-order valence-electron chi connectivity index (χ4n) is 1.95. The molecule has 2 rings (SSSR count). The number of nitrogens with zero attached hydrogens (tertiary/aromatic N) is 1. The van der Waals surface area contributed by atoms with Gasteiger partial charge in [0.25, 0.3) is 0 Å². The second-order valence-electron chi connectivity index (χ2n) is 4.83. The van der Waals surface area contributed by atoms with Gasteiger partial charge in [-0.1, -0.05) is 6.92 Å². The molecule has 0 saturated heterocycles. The first-order chi connectivity index (χ1) is 10.0. The van der Waals surface area contributed by atoms with Gasteiger partial charge in [-0.15, -0.1) is 0 Å². The Morgan fingerprint density at radius 2 is 1.95 bits per heavy atom. The Hall–Kier alpha value is -2.01. The molecule has 0 amide bonds. The molecule has 3 nitrogen and oxygen atoms in total. The van der Waals surface area contributed by atoms with Crippen LogP contribution in [0.4, 0.5) is 8.78 Å². The van der Waals surface area contributed by atoms with E-state index in [1.54, 1.807) is 6.07 Å². The highest BCUT2D eigenvalue weighted by Gasteiger charge is 2.18. The molecule has 1 aromatic heterocycles. The fourth-order valence-corrected chi connectivity index (χ4v) is 1.95. The molecule has 1 unspecified atom stereocenters. The summed E-state index contributed by atoms with van der Waals surface area (Å²) in [6.45, 7) is 4.03. The predicted octanol–water partition coefficient (Wildman–Crippen LogP) is 3.54. The zero-order valence-corrected chi connectivity index (χ0v) is 11.9. The first kappa shape index (κ1) is 15.4. The second kappa shape index (κ2) is 6.63. The summed E-state index contributed by atoms with van der Waals surface area (Å²) in [7, 11) is 0. The van der Waals surface area contributed by atoms with Crippen LogP contribution in [-0.4, -0.2) is 16.7 Å². The average Bonchev–Trinajstić information content (AvgIpc) is 2.48. The van der Waals surface area contributed by atoms with Crippen molar-refractivity contribution in [1.82, 2.24) is 4.98 Å². The van der Waals surface area contributed by atoms with Crippen molar-refractivity contribution < 1.29 is 18.6 Å². The molecule has 2 aromatic rings. The number of hydrogen-bond donors (Lipinski definition) is 1. The number of aryl methyl sites for hydroxylation is 1. The summed E-state index contributed by atoms with van der Waals surface area (Å²) in [5, 5.41) is 10.3. The van der Waals surface area contributed by atoms with E-state index in [0.29, 0.717) is 17.9 Å². The van der Waals surface area contributed by atoms with Crippen LogP contribution in [0, 0.1) is 18.6 Å². The van der Waals surface area contributed by atoms with Crippen molar-refractivity contribution in [3.63, 3.8) is 0 Å². The van der Waals surface area contributed by atoms with Crippen LogP contribution in [0.25, 0.3) is 0 Å². The summed E-state index contributed by atoms with van der Waals surface area (Å²) in [6, 6.07) is 3.68. The van der Waals surface area contributed by atoms with Gasteiger partial charge in [0.2, 0.25) is 0 Å². The quantitative estimate of drug-likeness (QED) is 0.917. The van der Waals surface area contributed by atoms with Gasteiger partial charge >= 0.3 is 0 Å². The van der Waals surface area contributed by atoms with E-state index < -0.39 is 17.7 Å². The molecule has 1 N–H and O–H groups in total. The van der Waals surface area contributed by atoms with Crippen molar-refractivity contribution >= 4 is 0 Å². The van der Waals surface area contributed by atoms with Crippen LogP contribution in [0.1, 0.15) is 36.1 Å². The Bertz CT molecular complexity index is 632. The lowest BCUT2D eigenvalue weighted by molar-refractivity contribution is 0.213. The minimum Gasteiger partial charge on any atom is -0.492 e. The van der Waals surface area contributed by atoms with Gasteiger partial charge in [-0.05, 0) is 31.0 Å². The number of benzene rings is 1. The highest BCUT2D eigenvalue weighted by molar-refractivity contribution is 5.35. The first-order valence-electron chi connectivity index (χ1n) is 6.74. The molecule has 21 heavy (non-hydrogen) atoms. The number of hydrogen-bond acceptors (Lipinski definition) is 3. The van der Waals surface area contributed by atoms with E-state index >= 15 is 0 Å². The van der Waals surface area contributed by atoms with Gasteiger partial charge in [0.05, 0.1) is 12.8 Å². The molecule has 0 aliphatic carbocycles. The monoisotopic (exact) mass is 293 g/mol. The summed E-state index contributed by atoms with van der Waals surface area (Å²) >= 11 is 0. The summed E-state index contributed by atoms with van der Waals surface area (Å²) in [6.07, 6.45) is 2.58. The van der Waals surface area contributed by atoms with Crippen molar-refractivity contribution in [3.8, 4) is 5.75 Å². The molecule has 0 radical (unpaired) electrons. The summed E-state index contributed by atoms with van der Waals surface area (Å²) in [5.41, 5.74) is 0.689. The van der Waals surface area contributed by atoms with Gasteiger partial charge < -0.3 is 9.84 Å². The van der Waals surface area contributed by atoms with Gasteiger partial charge in [-0.3, -0.25) is 4.98 Å². The maximum absolute atomic E-state index is 13.8. The fraction of sp³-hybridized carbons (Fsp3) is 0.312. The lowest BCUT2D eigenvalue weighted by Crippen LogP contribution is -2.05. The third-order valence-electron chi connectivity index (χ3n) is 3.10. The Balaban J connectivity index is 2.31. The van der Waals surface area contributed by atoms with Crippen LogP contribution in [0.3, 0.4) is 0 Å². The molecule has 1 atom stereocenters. The highest BCUT2D eigenvalue weighted by Crippen LogP contribution is 2.27. The van der Waals surface area contributed by atoms with E-state index in [1.165, 1.54) is 25.4 Å². The molecule has 0 spiro atoms.